The first-order valence-electron chi connectivity index (χ1n) is 6.02. The number of hydrogen-bond donors (Lipinski definition) is 1. The molecule has 0 radical (unpaired) electrons. The number of rotatable bonds is 8. The Morgan fingerprint density at radius 1 is 1.12 bits per heavy atom. The summed E-state index contributed by atoms with van der Waals surface area (Å²) in [6, 6.07) is 10.2. The van der Waals surface area contributed by atoms with E-state index < -0.39 is 0 Å². The van der Waals surface area contributed by atoms with Gasteiger partial charge in [0.1, 0.15) is 0 Å². The van der Waals surface area contributed by atoms with Gasteiger partial charge in [0, 0.05) is 6.20 Å². The highest BCUT2D eigenvalue weighted by molar-refractivity contribution is 5.47. The average molecular weight is 219 g/mol. The number of hydroxylamine groups is 1. The maximum atomic E-state index is 5.27. The molecule has 1 aromatic rings. The monoisotopic (exact) mass is 219 g/mol. The van der Waals surface area contributed by atoms with E-state index in [-0.39, 0.29) is 0 Å². The number of benzene rings is 1. The van der Waals surface area contributed by atoms with E-state index in [2.05, 4.69) is 24.5 Å². The van der Waals surface area contributed by atoms with Crippen molar-refractivity contribution >= 4 is 6.08 Å². The van der Waals surface area contributed by atoms with Crippen LogP contribution in [0.5, 0.6) is 0 Å². The molecule has 0 bridgehead atoms. The Morgan fingerprint density at radius 3 is 2.69 bits per heavy atom. The second kappa shape index (κ2) is 8.98. The minimum Gasteiger partial charge on any atom is -0.277 e. The molecule has 0 spiro atoms. The second-order valence-corrected chi connectivity index (χ2v) is 3.77. The SMILES string of the molecule is CCCCCCON/C=C/c1ccccc1. The molecule has 0 saturated carbocycles. The minimum absolute atomic E-state index is 0.777. The first-order chi connectivity index (χ1) is 7.93. The fraction of sp³-hybridized carbons (Fsp3) is 0.429. The molecule has 0 aliphatic rings. The molecule has 0 heterocycles. The maximum Gasteiger partial charge on any atom is 0.0745 e. The molecule has 2 heteroatoms. The largest absolute Gasteiger partial charge is 0.277 e. The molecule has 0 unspecified atom stereocenters. The van der Waals surface area contributed by atoms with Crippen LogP contribution in [0.4, 0.5) is 0 Å². The average Bonchev–Trinajstić information content (AvgIpc) is 2.34. The molecule has 0 fully saturated rings. The fourth-order valence-electron chi connectivity index (χ4n) is 1.40. The van der Waals surface area contributed by atoms with Crippen molar-refractivity contribution in [1.82, 2.24) is 5.48 Å². The Bertz CT molecular complexity index is 282. The van der Waals surface area contributed by atoms with Crippen LogP contribution >= 0.6 is 0 Å². The van der Waals surface area contributed by atoms with E-state index in [4.69, 9.17) is 4.84 Å². The first-order valence-corrected chi connectivity index (χ1v) is 6.02. The molecule has 0 amide bonds. The summed E-state index contributed by atoms with van der Waals surface area (Å²) in [6.45, 7) is 2.99. The Hall–Kier alpha value is -1.28. The fourth-order valence-corrected chi connectivity index (χ4v) is 1.40. The number of nitrogens with one attached hydrogen (secondary N) is 1. The molecular weight excluding hydrogens is 198 g/mol. The van der Waals surface area contributed by atoms with E-state index in [1.807, 2.05) is 30.5 Å². The van der Waals surface area contributed by atoms with E-state index in [0.717, 1.165) is 13.0 Å². The zero-order chi connectivity index (χ0) is 11.5. The number of hydrogen-bond acceptors (Lipinski definition) is 2. The second-order valence-electron chi connectivity index (χ2n) is 3.77. The molecule has 16 heavy (non-hydrogen) atoms. The lowest BCUT2D eigenvalue weighted by atomic mass is 10.2. The van der Waals surface area contributed by atoms with Gasteiger partial charge in [-0.25, -0.2) is 0 Å². The van der Waals surface area contributed by atoms with Crippen LogP contribution in [0.2, 0.25) is 0 Å². The normalized spacial score (nSPS) is 10.8. The smallest absolute Gasteiger partial charge is 0.0745 e. The lowest BCUT2D eigenvalue weighted by molar-refractivity contribution is 0.0687. The van der Waals surface area contributed by atoms with E-state index in [9.17, 15) is 0 Å². The van der Waals surface area contributed by atoms with Crippen molar-refractivity contribution in [2.75, 3.05) is 6.61 Å². The molecule has 0 atom stereocenters. The van der Waals surface area contributed by atoms with Gasteiger partial charge >= 0.3 is 0 Å². The van der Waals surface area contributed by atoms with E-state index in [1.54, 1.807) is 0 Å². The van der Waals surface area contributed by atoms with Crippen LogP contribution in [0.25, 0.3) is 6.08 Å². The third-order valence-corrected chi connectivity index (χ3v) is 2.33. The highest BCUT2D eigenvalue weighted by Crippen LogP contribution is 2.00. The summed E-state index contributed by atoms with van der Waals surface area (Å²) in [5, 5.41) is 0. The zero-order valence-corrected chi connectivity index (χ0v) is 9.99. The molecule has 0 aliphatic heterocycles. The Kier molecular flexibility index (Phi) is 7.18. The van der Waals surface area contributed by atoms with Crippen molar-refractivity contribution in [3.05, 3.63) is 42.1 Å². The van der Waals surface area contributed by atoms with Crippen molar-refractivity contribution < 1.29 is 4.84 Å². The summed E-state index contributed by atoms with van der Waals surface area (Å²) in [4.78, 5) is 5.27. The predicted molar refractivity (Wildman–Crippen MR) is 68.7 cm³/mol. The van der Waals surface area contributed by atoms with Gasteiger partial charge in [0.25, 0.3) is 0 Å². The molecule has 1 rings (SSSR count). The van der Waals surface area contributed by atoms with Gasteiger partial charge in [-0.3, -0.25) is 10.3 Å². The van der Waals surface area contributed by atoms with Gasteiger partial charge in [-0.05, 0) is 18.1 Å². The first kappa shape index (κ1) is 12.8. The van der Waals surface area contributed by atoms with Crippen LogP contribution in [-0.2, 0) is 4.84 Å². The maximum absolute atomic E-state index is 5.27. The summed E-state index contributed by atoms with van der Waals surface area (Å²) in [6.07, 6.45) is 8.76. The molecule has 2 nitrogen and oxygen atoms in total. The van der Waals surface area contributed by atoms with Crippen LogP contribution in [0, 0.1) is 0 Å². The lowest BCUT2D eigenvalue weighted by Gasteiger charge is -2.01. The Balaban J connectivity index is 2.01. The summed E-state index contributed by atoms with van der Waals surface area (Å²) in [5.41, 5.74) is 4.00. The highest BCUT2D eigenvalue weighted by atomic mass is 16.6. The van der Waals surface area contributed by atoms with Crippen LogP contribution in [-0.4, -0.2) is 6.61 Å². The molecule has 1 N–H and O–H groups in total. The van der Waals surface area contributed by atoms with Crippen LogP contribution < -0.4 is 5.48 Å². The van der Waals surface area contributed by atoms with Crippen LogP contribution in [0.3, 0.4) is 0 Å². The van der Waals surface area contributed by atoms with Gasteiger partial charge in [0.15, 0.2) is 0 Å². The van der Waals surface area contributed by atoms with Crippen molar-refractivity contribution in [3.63, 3.8) is 0 Å². The third-order valence-electron chi connectivity index (χ3n) is 2.33. The number of unbranched alkanes of at least 4 members (excludes halogenated alkanes) is 3. The quantitative estimate of drug-likeness (QED) is 0.531. The molecular formula is C14H21NO. The van der Waals surface area contributed by atoms with Crippen LogP contribution in [0.15, 0.2) is 36.5 Å². The predicted octanol–water partition coefficient (Wildman–Crippen LogP) is 3.76. The summed E-state index contributed by atoms with van der Waals surface area (Å²) in [7, 11) is 0. The van der Waals surface area contributed by atoms with Crippen molar-refractivity contribution in [1.29, 1.82) is 0 Å². The van der Waals surface area contributed by atoms with Gasteiger partial charge in [0.2, 0.25) is 0 Å². The Morgan fingerprint density at radius 2 is 1.94 bits per heavy atom. The van der Waals surface area contributed by atoms with E-state index in [0.29, 0.717) is 0 Å². The summed E-state index contributed by atoms with van der Waals surface area (Å²) >= 11 is 0. The van der Waals surface area contributed by atoms with Crippen molar-refractivity contribution in [2.45, 2.75) is 32.6 Å². The van der Waals surface area contributed by atoms with Gasteiger partial charge < -0.3 is 0 Å². The van der Waals surface area contributed by atoms with E-state index in [1.165, 1.54) is 24.8 Å². The molecule has 0 saturated heterocycles. The molecule has 1 aromatic carbocycles. The molecule has 0 aromatic heterocycles. The van der Waals surface area contributed by atoms with Gasteiger partial charge in [-0.1, -0.05) is 56.5 Å². The molecule has 0 aliphatic carbocycles. The summed E-state index contributed by atoms with van der Waals surface area (Å²) < 4.78 is 0. The zero-order valence-electron chi connectivity index (χ0n) is 9.99. The van der Waals surface area contributed by atoms with Crippen LogP contribution in [0.1, 0.15) is 38.2 Å². The standard InChI is InChI=1S/C14H21NO/c1-2-3-4-8-13-16-15-12-11-14-9-6-5-7-10-14/h5-7,9-12,15H,2-4,8,13H2,1H3/b12-11+. The van der Waals surface area contributed by atoms with Crippen molar-refractivity contribution in [2.24, 2.45) is 0 Å². The van der Waals surface area contributed by atoms with Gasteiger partial charge in [-0.15, -0.1) is 0 Å². The minimum atomic E-state index is 0.777. The Labute approximate surface area is 98.3 Å². The van der Waals surface area contributed by atoms with Gasteiger partial charge in [-0.2, -0.15) is 0 Å². The highest BCUT2D eigenvalue weighted by Gasteiger charge is 1.87. The third kappa shape index (κ3) is 6.25. The van der Waals surface area contributed by atoms with E-state index >= 15 is 0 Å². The summed E-state index contributed by atoms with van der Waals surface area (Å²) in [5.74, 6) is 0. The topological polar surface area (TPSA) is 21.3 Å². The molecule has 88 valence electrons. The van der Waals surface area contributed by atoms with Gasteiger partial charge in [0.05, 0.1) is 6.61 Å². The van der Waals surface area contributed by atoms with Crippen molar-refractivity contribution in [3.8, 4) is 0 Å². The lowest BCUT2D eigenvalue weighted by Crippen LogP contribution is -2.07.